The number of hydrogen-bond donors (Lipinski definition) is 1. The highest BCUT2D eigenvalue weighted by Gasteiger charge is 2.25. The summed E-state index contributed by atoms with van der Waals surface area (Å²) in [6.07, 6.45) is 3.61. The van der Waals surface area contributed by atoms with Gasteiger partial charge < -0.3 is 5.32 Å². The van der Waals surface area contributed by atoms with E-state index in [1.165, 1.54) is 6.33 Å². The number of nitrogens with one attached hydrogen (secondary N) is 1. The molecule has 0 unspecified atom stereocenters. The predicted molar refractivity (Wildman–Crippen MR) is 77.7 cm³/mol. The lowest BCUT2D eigenvalue weighted by molar-refractivity contribution is 0.326. The lowest BCUT2D eigenvalue weighted by Gasteiger charge is -2.29. The summed E-state index contributed by atoms with van der Waals surface area (Å²) in [5, 5.41) is 7.63. The Bertz CT molecular complexity index is 539. The van der Waals surface area contributed by atoms with Crippen molar-refractivity contribution in [2.75, 3.05) is 17.7 Å². The molecule has 0 saturated carbocycles. The van der Waals surface area contributed by atoms with E-state index >= 15 is 0 Å². The third-order valence-corrected chi connectivity index (χ3v) is 4.37. The average molecular weight is 282 g/mol. The second-order valence-corrected chi connectivity index (χ2v) is 5.22. The molecule has 0 aliphatic rings. The molecule has 0 amide bonds. The first kappa shape index (κ1) is 14.1. The van der Waals surface area contributed by atoms with Gasteiger partial charge in [0.15, 0.2) is 0 Å². The summed E-state index contributed by atoms with van der Waals surface area (Å²) in [5.41, 5.74) is 1.04. The van der Waals surface area contributed by atoms with Crippen LogP contribution in [0.15, 0.2) is 12.4 Å². The Morgan fingerprint density at radius 1 is 1.37 bits per heavy atom. The minimum Gasteiger partial charge on any atom is -0.369 e. The van der Waals surface area contributed by atoms with Gasteiger partial charge in [-0.2, -0.15) is 14.6 Å². The van der Waals surface area contributed by atoms with Gasteiger partial charge in [-0.15, -0.1) is 11.6 Å². The molecule has 104 valence electrons. The van der Waals surface area contributed by atoms with Crippen LogP contribution in [-0.4, -0.2) is 32.0 Å². The second-order valence-electron chi connectivity index (χ2n) is 4.95. The highest BCUT2D eigenvalue weighted by atomic mass is 35.5. The SMILES string of the molecule is CCC(CC)(CCl)CNc1cc(C)nc2ncnn12. The van der Waals surface area contributed by atoms with Crippen LogP contribution in [0.3, 0.4) is 0 Å². The molecular weight excluding hydrogens is 262 g/mol. The fourth-order valence-corrected chi connectivity index (χ4v) is 2.54. The number of halogens is 1. The normalized spacial score (nSPS) is 12.0. The maximum Gasteiger partial charge on any atom is 0.254 e. The van der Waals surface area contributed by atoms with Crippen LogP contribution < -0.4 is 5.32 Å². The van der Waals surface area contributed by atoms with Crippen molar-refractivity contribution in [3.8, 4) is 0 Å². The number of anilines is 1. The molecule has 0 aliphatic carbocycles. The van der Waals surface area contributed by atoms with E-state index in [1.807, 2.05) is 13.0 Å². The van der Waals surface area contributed by atoms with Crippen LogP contribution in [-0.2, 0) is 0 Å². The molecule has 5 nitrogen and oxygen atoms in total. The van der Waals surface area contributed by atoms with Gasteiger partial charge in [0.2, 0.25) is 0 Å². The zero-order valence-corrected chi connectivity index (χ0v) is 12.4. The maximum absolute atomic E-state index is 6.13. The monoisotopic (exact) mass is 281 g/mol. The second kappa shape index (κ2) is 5.74. The zero-order chi connectivity index (χ0) is 13.9. The van der Waals surface area contributed by atoms with Crippen LogP contribution in [0.25, 0.3) is 5.78 Å². The molecule has 0 atom stereocenters. The maximum atomic E-state index is 6.13. The zero-order valence-electron chi connectivity index (χ0n) is 11.6. The predicted octanol–water partition coefficient (Wildman–Crippen LogP) is 2.89. The summed E-state index contributed by atoms with van der Waals surface area (Å²) >= 11 is 6.13. The molecule has 19 heavy (non-hydrogen) atoms. The first-order chi connectivity index (χ1) is 9.14. The van der Waals surface area contributed by atoms with E-state index in [4.69, 9.17) is 11.6 Å². The quantitative estimate of drug-likeness (QED) is 0.827. The van der Waals surface area contributed by atoms with Crippen molar-refractivity contribution < 1.29 is 0 Å². The van der Waals surface area contributed by atoms with Crippen molar-refractivity contribution in [2.24, 2.45) is 5.41 Å². The molecule has 0 aliphatic heterocycles. The molecule has 2 aromatic heterocycles. The first-order valence-electron chi connectivity index (χ1n) is 6.61. The van der Waals surface area contributed by atoms with Crippen LogP contribution >= 0.6 is 11.6 Å². The molecule has 2 rings (SSSR count). The molecule has 0 saturated heterocycles. The van der Waals surface area contributed by atoms with E-state index in [-0.39, 0.29) is 5.41 Å². The number of aromatic nitrogens is 4. The lowest BCUT2D eigenvalue weighted by atomic mass is 9.84. The van der Waals surface area contributed by atoms with Crippen LogP contribution in [0.2, 0.25) is 0 Å². The summed E-state index contributed by atoms with van der Waals surface area (Å²) < 4.78 is 1.72. The molecule has 1 N–H and O–H groups in total. The minimum atomic E-state index is 0.117. The minimum absolute atomic E-state index is 0.117. The molecule has 0 fully saturated rings. The summed E-state index contributed by atoms with van der Waals surface area (Å²) in [7, 11) is 0. The Labute approximate surface area is 118 Å². The van der Waals surface area contributed by atoms with E-state index < -0.39 is 0 Å². The summed E-state index contributed by atoms with van der Waals surface area (Å²) in [6, 6.07) is 1.98. The van der Waals surface area contributed by atoms with Crippen LogP contribution in [0, 0.1) is 12.3 Å². The van der Waals surface area contributed by atoms with Crippen LogP contribution in [0.4, 0.5) is 5.82 Å². The fraction of sp³-hybridized carbons (Fsp3) is 0.615. The molecule has 0 radical (unpaired) electrons. The van der Waals surface area contributed by atoms with E-state index in [2.05, 4.69) is 34.2 Å². The molecule has 0 spiro atoms. The largest absolute Gasteiger partial charge is 0.369 e. The molecule has 2 aromatic rings. The lowest BCUT2D eigenvalue weighted by Crippen LogP contribution is -2.31. The van der Waals surface area contributed by atoms with Crippen molar-refractivity contribution in [3.63, 3.8) is 0 Å². The Morgan fingerprint density at radius 2 is 2.11 bits per heavy atom. The van der Waals surface area contributed by atoms with Crippen molar-refractivity contribution in [1.29, 1.82) is 0 Å². The van der Waals surface area contributed by atoms with Crippen LogP contribution in [0.1, 0.15) is 32.4 Å². The molecule has 2 heterocycles. The van der Waals surface area contributed by atoms with Gasteiger partial charge in [-0.05, 0) is 19.8 Å². The number of hydrogen-bond acceptors (Lipinski definition) is 4. The smallest absolute Gasteiger partial charge is 0.254 e. The molecule has 0 bridgehead atoms. The molecular formula is C13H20ClN5. The van der Waals surface area contributed by atoms with Crippen molar-refractivity contribution in [3.05, 3.63) is 18.1 Å². The van der Waals surface area contributed by atoms with Gasteiger partial charge in [0.05, 0.1) is 0 Å². The standard InChI is InChI=1S/C13H20ClN5/c1-4-13(5-2,7-14)8-15-11-6-10(3)18-12-16-9-17-19(11)12/h6,9,15H,4-5,7-8H2,1-3H3. The Kier molecular flexibility index (Phi) is 4.24. The van der Waals surface area contributed by atoms with E-state index in [0.29, 0.717) is 11.7 Å². The Hall–Kier alpha value is -1.36. The van der Waals surface area contributed by atoms with E-state index in [1.54, 1.807) is 4.52 Å². The highest BCUT2D eigenvalue weighted by Crippen LogP contribution is 2.28. The third-order valence-electron chi connectivity index (χ3n) is 3.81. The Balaban J connectivity index is 2.24. The number of alkyl halides is 1. The topological polar surface area (TPSA) is 55.1 Å². The van der Waals surface area contributed by atoms with Gasteiger partial charge >= 0.3 is 0 Å². The van der Waals surface area contributed by atoms with Gasteiger partial charge in [-0.3, -0.25) is 0 Å². The summed E-state index contributed by atoms with van der Waals surface area (Å²) in [5.74, 6) is 2.18. The first-order valence-corrected chi connectivity index (χ1v) is 7.15. The Morgan fingerprint density at radius 3 is 2.74 bits per heavy atom. The van der Waals surface area contributed by atoms with Crippen molar-refractivity contribution in [1.82, 2.24) is 19.6 Å². The number of nitrogens with zero attached hydrogens (tertiary/aromatic N) is 4. The van der Waals surface area contributed by atoms with E-state index in [0.717, 1.165) is 30.9 Å². The van der Waals surface area contributed by atoms with Crippen LogP contribution in [0.5, 0.6) is 0 Å². The van der Waals surface area contributed by atoms with Gasteiger partial charge in [-0.1, -0.05) is 13.8 Å². The van der Waals surface area contributed by atoms with Gasteiger partial charge in [0.25, 0.3) is 5.78 Å². The number of fused-ring (bicyclic) bond motifs is 1. The van der Waals surface area contributed by atoms with Gasteiger partial charge in [-0.25, -0.2) is 4.98 Å². The highest BCUT2D eigenvalue weighted by molar-refractivity contribution is 6.18. The van der Waals surface area contributed by atoms with Crippen molar-refractivity contribution >= 4 is 23.2 Å². The molecule has 6 heteroatoms. The number of aryl methyl sites for hydroxylation is 1. The van der Waals surface area contributed by atoms with Crippen molar-refractivity contribution in [2.45, 2.75) is 33.6 Å². The average Bonchev–Trinajstić information content (AvgIpc) is 2.88. The third kappa shape index (κ3) is 2.81. The number of rotatable bonds is 6. The summed E-state index contributed by atoms with van der Waals surface area (Å²) in [6.45, 7) is 7.13. The van der Waals surface area contributed by atoms with Gasteiger partial charge in [0.1, 0.15) is 12.1 Å². The molecule has 0 aromatic carbocycles. The summed E-state index contributed by atoms with van der Waals surface area (Å²) in [4.78, 5) is 8.44. The van der Waals surface area contributed by atoms with Gasteiger partial charge in [0, 0.05) is 29.6 Å². The van der Waals surface area contributed by atoms with E-state index in [9.17, 15) is 0 Å². The fourth-order valence-electron chi connectivity index (χ4n) is 2.07.